The first-order valence-corrected chi connectivity index (χ1v) is 6.76. The number of thioether (sulfide) groups is 1. The van der Waals surface area contributed by atoms with E-state index in [1.54, 1.807) is 11.3 Å². The Hall–Kier alpha value is 0.300. The van der Waals surface area contributed by atoms with E-state index in [1.165, 1.54) is 17.9 Å². The Morgan fingerprint density at radius 2 is 2.46 bits per heavy atom. The fraction of sp³-hybridized carbons (Fsp3) is 0.556. The molecule has 0 aromatic carbocycles. The zero-order valence-corrected chi connectivity index (χ0v) is 9.59. The highest BCUT2D eigenvalue weighted by molar-refractivity contribution is 7.99. The second-order valence-corrected chi connectivity index (χ2v) is 5.79. The molecule has 1 nitrogen and oxygen atoms in total. The van der Waals surface area contributed by atoms with Crippen molar-refractivity contribution in [1.82, 2.24) is 0 Å². The van der Waals surface area contributed by atoms with Crippen LogP contribution in [0.25, 0.3) is 0 Å². The van der Waals surface area contributed by atoms with Crippen molar-refractivity contribution in [3.05, 3.63) is 21.3 Å². The standard InChI is InChI=1S/C9H12ClNS2/c10-7-2-4-13-9(7)8(11)6-1-3-12-5-6/h2,4,6,8H,1,3,5,11H2. The van der Waals surface area contributed by atoms with E-state index in [2.05, 4.69) is 0 Å². The van der Waals surface area contributed by atoms with Crippen LogP contribution in [0.15, 0.2) is 11.4 Å². The van der Waals surface area contributed by atoms with Crippen molar-refractivity contribution in [3.8, 4) is 0 Å². The van der Waals surface area contributed by atoms with E-state index < -0.39 is 0 Å². The first-order valence-electron chi connectivity index (χ1n) is 4.35. The van der Waals surface area contributed by atoms with Gasteiger partial charge in [0, 0.05) is 10.9 Å². The Bertz CT molecular complexity index is 281. The van der Waals surface area contributed by atoms with Crippen LogP contribution in [-0.4, -0.2) is 11.5 Å². The van der Waals surface area contributed by atoms with Gasteiger partial charge in [0.25, 0.3) is 0 Å². The maximum atomic E-state index is 6.16. The Morgan fingerprint density at radius 1 is 1.62 bits per heavy atom. The SMILES string of the molecule is NC(c1sccc1Cl)C1CCSC1. The Kier molecular flexibility index (Phi) is 3.19. The zero-order chi connectivity index (χ0) is 9.26. The Morgan fingerprint density at radius 3 is 3.00 bits per heavy atom. The summed E-state index contributed by atoms with van der Waals surface area (Å²) < 4.78 is 0. The highest BCUT2D eigenvalue weighted by atomic mass is 35.5. The van der Waals surface area contributed by atoms with Crippen LogP contribution < -0.4 is 5.73 Å². The predicted octanol–water partition coefficient (Wildman–Crippen LogP) is 3.15. The van der Waals surface area contributed by atoms with Gasteiger partial charge < -0.3 is 5.73 Å². The van der Waals surface area contributed by atoms with Gasteiger partial charge in [-0.3, -0.25) is 0 Å². The third-order valence-corrected chi connectivity index (χ3v) is 5.07. The van der Waals surface area contributed by atoms with Crippen LogP contribution in [0, 0.1) is 5.92 Å². The number of nitrogens with two attached hydrogens (primary N) is 1. The molecule has 1 aromatic heterocycles. The second kappa shape index (κ2) is 4.22. The van der Waals surface area contributed by atoms with Crippen molar-refractivity contribution in [3.63, 3.8) is 0 Å². The molecular weight excluding hydrogens is 222 g/mol. The molecule has 1 fully saturated rings. The van der Waals surface area contributed by atoms with E-state index in [4.69, 9.17) is 17.3 Å². The lowest BCUT2D eigenvalue weighted by Gasteiger charge is -2.16. The van der Waals surface area contributed by atoms with Gasteiger partial charge >= 0.3 is 0 Å². The summed E-state index contributed by atoms with van der Waals surface area (Å²) in [4.78, 5) is 1.16. The van der Waals surface area contributed by atoms with E-state index in [0.29, 0.717) is 5.92 Å². The maximum Gasteiger partial charge on any atom is 0.0561 e. The molecule has 0 spiro atoms. The summed E-state index contributed by atoms with van der Waals surface area (Å²) in [5, 5.41) is 2.86. The zero-order valence-electron chi connectivity index (χ0n) is 7.20. The maximum absolute atomic E-state index is 6.16. The minimum absolute atomic E-state index is 0.155. The minimum atomic E-state index is 0.155. The van der Waals surface area contributed by atoms with E-state index in [9.17, 15) is 0 Å². The molecule has 0 saturated carbocycles. The molecule has 1 aliphatic rings. The third kappa shape index (κ3) is 2.04. The molecule has 0 aliphatic carbocycles. The molecule has 0 bridgehead atoms. The molecule has 1 saturated heterocycles. The monoisotopic (exact) mass is 233 g/mol. The predicted molar refractivity (Wildman–Crippen MR) is 61.7 cm³/mol. The Balaban J connectivity index is 2.12. The van der Waals surface area contributed by atoms with Crippen molar-refractivity contribution < 1.29 is 0 Å². The van der Waals surface area contributed by atoms with Crippen LogP contribution in [-0.2, 0) is 0 Å². The quantitative estimate of drug-likeness (QED) is 0.850. The van der Waals surface area contributed by atoms with Crippen molar-refractivity contribution in [1.29, 1.82) is 0 Å². The van der Waals surface area contributed by atoms with Crippen LogP contribution in [0.4, 0.5) is 0 Å². The fourth-order valence-electron chi connectivity index (χ4n) is 1.59. The first-order chi connectivity index (χ1) is 6.29. The summed E-state index contributed by atoms with van der Waals surface area (Å²) in [6.45, 7) is 0. The number of hydrogen-bond donors (Lipinski definition) is 1. The van der Waals surface area contributed by atoms with Gasteiger partial charge in [0.1, 0.15) is 0 Å². The second-order valence-electron chi connectivity index (χ2n) is 3.28. The highest BCUT2D eigenvalue weighted by Gasteiger charge is 2.25. The summed E-state index contributed by atoms with van der Waals surface area (Å²) in [6.07, 6.45) is 1.24. The van der Waals surface area contributed by atoms with Crippen LogP contribution >= 0.6 is 34.7 Å². The number of rotatable bonds is 2. The van der Waals surface area contributed by atoms with Gasteiger partial charge in [-0.15, -0.1) is 11.3 Å². The van der Waals surface area contributed by atoms with Gasteiger partial charge in [-0.1, -0.05) is 11.6 Å². The minimum Gasteiger partial charge on any atom is -0.323 e. The molecule has 0 radical (unpaired) electrons. The molecule has 2 heterocycles. The summed E-state index contributed by atoms with van der Waals surface area (Å²) in [5.74, 6) is 3.07. The average molecular weight is 234 g/mol. The van der Waals surface area contributed by atoms with Crippen molar-refractivity contribution in [2.45, 2.75) is 12.5 Å². The van der Waals surface area contributed by atoms with Gasteiger partial charge in [-0.25, -0.2) is 0 Å². The first kappa shape index (κ1) is 9.84. The molecule has 2 unspecified atom stereocenters. The molecule has 2 atom stereocenters. The molecule has 1 aliphatic heterocycles. The van der Waals surface area contributed by atoms with Crippen LogP contribution in [0.5, 0.6) is 0 Å². The third-order valence-electron chi connectivity index (χ3n) is 2.42. The van der Waals surface area contributed by atoms with E-state index in [0.717, 1.165) is 9.90 Å². The molecule has 2 N–H and O–H groups in total. The van der Waals surface area contributed by atoms with Gasteiger partial charge in [-0.2, -0.15) is 11.8 Å². The van der Waals surface area contributed by atoms with Gasteiger partial charge in [0.15, 0.2) is 0 Å². The normalized spacial score (nSPS) is 24.9. The molecule has 13 heavy (non-hydrogen) atoms. The van der Waals surface area contributed by atoms with Gasteiger partial charge in [0.05, 0.1) is 5.02 Å². The van der Waals surface area contributed by atoms with Crippen LogP contribution in [0.2, 0.25) is 5.02 Å². The van der Waals surface area contributed by atoms with Gasteiger partial charge in [-0.05, 0) is 35.3 Å². The largest absolute Gasteiger partial charge is 0.323 e. The summed E-state index contributed by atoms with van der Waals surface area (Å²) >= 11 is 9.71. The summed E-state index contributed by atoms with van der Waals surface area (Å²) in [7, 11) is 0. The number of halogens is 1. The lowest BCUT2D eigenvalue weighted by Crippen LogP contribution is -2.20. The van der Waals surface area contributed by atoms with Crippen molar-refractivity contribution >= 4 is 34.7 Å². The number of hydrogen-bond acceptors (Lipinski definition) is 3. The lowest BCUT2D eigenvalue weighted by atomic mass is 9.99. The topological polar surface area (TPSA) is 26.0 Å². The van der Waals surface area contributed by atoms with E-state index in [-0.39, 0.29) is 6.04 Å². The highest BCUT2D eigenvalue weighted by Crippen LogP contribution is 2.37. The fourth-order valence-corrected chi connectivity index (χ4v) is 4.18. The van der Waals surface area contributed by atoms with E-state index in [1.807, 2.05) is 23.2 Å². The molecule has 0 amide bonds. The van der Waals surface area contributed by atoms with Crippen LogP contribution in [0.1, 0.15) is 17.3 Å². The van der Waals surface area contributed by atoms with Crippen molar-refractivity contribution in [2.24, 2.45) is 11.7 Å². The summed E-state index contributed by atoms with van der Waals surface area (Å²) in [6, 6.07) is 2.09. The smallest absolute Gasteiger partial charge is 0.0561 e. The average Bonchev–Trinajstić information content (AvgIpc) is 2.72. The summed E-state index contributed by atoms with van der Waals surface area (Å²) in [5.41, 5.74) is 6.16. The molecule has 72 valence electrons. The lowest BCUT2D eigenvalue weighted by molar-refractivity contribution is 0.488. The van der Waals surface area contributed by atoms with Crippen molar-refractivity contribution in [2.75, 3.05) is 11.5 Å². The molecule has 4 heteroatoms. The molecule has 2 rings (SSSR count). The Labute approximate surface area is 91.7 Å². The van der Waals surface area contributed by atoms with Gasteiger partial charge in [0.2, 0.25) is 0 Å². The molecular formula is C9H12ClNS2. The van der Waals surface area contributed by atoms with Crippen LogP contribution in [0.3, 0.4) is 0 Å². The van der Waals surface area contributed by atoms with E-state index >= 15 is 0 Å². The number of thiophene rings is 1. The molecule has 1 aromatic rings.